The molecule has 2 atom stereocenters. The molecule has 2 amide bonds. The summed E-state index contributed by atoms with van der Waals surface area (Å²) in [7, 11) is 0. The van der Waals surface area contributed by atoms with Gasteiger partial charge in [0.25, 0.3) is 5.91 Å². The Bertz CT molecular complexity index is 705. The van der Waals surface area contributed by atoms with Crippen LogP contribution >= 0.6 is 12.4 Å². The van der Waals surface area contributed by atoms with Crippen molar-refractivity contribution in [3.63, 3.8) is 0 Å². The second-order valence-corrected chi connectivity index (χ2v) is 7.79. The van der Waals surface area contributed by atoms with Crippen LogP contribution in [0.1, 0.15) is 33.6 Å². The number of hydrogen-bond acceptors (Lipinski definition) is 5. The average Bonchev–Trinajstić information content (AvgIpc) is 3.09. The molecule has 0 radical (unpaired) electrons. The number of halogens is 1. The standard InChI is InChI=1S/C19H27N3O4.ClH/c1-19(2,3)18(24)22-8-9-25-15-6-4-12(10-14(15)22)21-17(23)16-7-5-13(11-20)26-16;/h4,6,10,13,16H,5,7-9,11,20H2,1-3H3,(H,21,23);1H/t13-,16+;/m1./s1. The van der Waals surface area contributed by atoms with Gasteiger partial charge < -0.3 is 25.4 Å². The number of amides is 2. The number of rotatable bonds is 3. The molecular weight excluding hydrogens is 370 g/mol. The van der Waals surface area contributed by atoms with Crippen molar-refractivity contribution in [2.75, 3.05) is 29.9 Å². The van der Waals surface area contributed by atoms with Crippen LogP contribution in [0, 0.1) is 5.41 Å². The molecule has 0 aliphatic carbocycles. The summed E-state index contributed by atoms with van der Waals surface area (Å²) >= 11 is 0. The molecule has 2 aliphatic heterocycles. The summed E-state index contributed by atoms with van der Waals surface area (Å²) in [5, 5.41) is 2.88. The molecule has 8 heteroatoms. The first-order chi connectivity index (χ1) is 12.3. The van der Waals surface area contributed by atoms with Crippen molar-refractivity contribution in [3.05, 3.63) is 18.2 Å². The third kappa shape index (κ3) is 4.72. The van der Waals surface area contributed by atoms with E-state index in [-0.39, 0.29) is 30.3 Å². The molecule has 150 valence electrons. The first-order valence-corrected chi connectivity index (χ1v) is 9.05. The molecule has 1 fully saturated rings. The van der Waals surface area contributed by atoms with Crippen molar-refractivity contribution in [2.24, 2.45) is 11.1 Å². The van der Waals surface area contributed by atoms with E-state index in [9.17, 15) is 9.59 Å². The number of fused-ring (bicyclic) bond motifs is 1. The molecule has 27 heavy (non-hydrogen) atoms. The van der Waals surface area contributed by atoms with E-state index in [1.165, 1.54) is 0 Å². The van der Waals surface area contributed by atoms with Gasteiger partial charge >= 0.3 is 0 Å². The number of hydrogen-bond donors (Lipinski definition) is 2. The van der Waals surface area contributed by atoms with Gasteiger partial charge in [0.2, 0.25) is 5.91 Å². The van der Waals surface area contributed by atoms with Crippen molar-refractivity contribution in [1.82, 2.24) is 0 Å². The summed E-state index contributed by atoms with van der Waals surface area (Å²) in [5.74, 6) is 0.480. The van der Waals surface area contributed by atoms with Crippen LogP contribution < -0.4 is 20.7 Å². The second-order valence-electron chi connectivity index (χ2n) is 7.79. The number of ether oxygens (including phenoxy) is 2. The van der Waals surface area contributed by atoms with Crippen LogP contribution in [0.5, 0.6) is 5.75 Å². The van der Waals surface area contributed by atoms with Crippen molar-refractivity contribution in [3.8, 4) is 5.75 Å². The zero-order valence-electron chi connectivity index (χ0n) is 16.0. The van der Waals surface area contributed by atoms with Crippen molar-refractivity contribution >= 4 is 35.6 Å². The largest absolute Gasteiger partial charge is 0.490 e. The molecule has 3 N–H and O–H groups in total. The highest BCUT2D eigenvalue weighted by Gasteiger charge is 2.33. The Balaban J connectivity index is 0.00000261. The molecule has 0 aromatic heterocycles. The SMILES string of the molecule is CC(C)(C)C(=O)N1CCOc2ccc(NC(=O)[C@@H]3CC[C@H](CN)O3)cc21.Cl. The van der Waals surface area contributed by atoms with Gasteiger partial charge in [-0.25, -0.2) is 0 Å². The van der Waals surface area contributed by atoms with E-state index in [0.29, 0.717) is 43.2 Å². The summed E-state index contributed by atoms with van der Waals surface area (Å²) in [6.07, 6.45) is 0.919. The Morgan fingerprint density at radius 2 is 2.04 bits per heavy atom. The number of carbonyl (C=O) groups excluding carboxylic acids is 2. The molecule has 0 saturated carbocycles. The molecular formula is C19H28ClN3O4. The molecule has 2 aliphatic rings. The lowest BCUT2D eigenvalue weighted by Gasteiger charge is -2.34. The maximum Gasteiger partial charge on any atom is 0.253 e. The summed E-state index contributed by atoms with van der Waals surface area (Å²) in [6, 6.07) is 5.34. The van der Waals surface area contributed by atoms with Crippen molar-refractivity contribution < 1.29 is 19.1 Å². The first-order valence-electron chi connectivity index (χ1n) is 9.05. The van der Waals surface area contributed by atoms with Crippen LogP contribution in [0.25, 0.3) is 0 Å². The van der Waals surface area contributed by atoms with Crippen LogP contribution in [0.2, 0.25) is 0 Å². The summed E-state index contributed by atoms with van der Waals surface area (Å²) < 4.78 is 11.3. The molecule has 0 bridgehead atoms. The molecule has 7 nitrogen and oxygen atoms in total. The van der Waals surface area contributed by atoms with Gasteiger partial charge in [-0.05, 0) is 31.0 Å². The number of nitrogens with zero attached hydrogens (tertiary/aromatic N) is 1. The number of benzene rings is 1. The van der Waals surface area contributed by atoms with E-state index in [2.05, 4.69) is 5.32 Å². The van der Waals surface area contributed by atoms with Gasteiger partial charge in [0.15, 0.2) is 0 Å². The van der Waals surface area contributed by atoms with Crippen LogP contribution in [-0.4, -0.2) is 43.7 Å². The number of nitrogens with two attached hydrogens (primary N) is 1. The minimum Gasteiger partial charge on any atom is -0.490 e. The van der Waals surface area contributed by atoms with E-state index in [1.54, 1.807) is 23.1 Å². The monoisotopic (exact) mass is 397 g/mol. The Labute approximate surface area is 166 Å². The van der Waals surface area contributed by atoms with Gasteiger partial charge in [-0.1, -0.05) is 20.8 Å². The van der Waals surface area contributed by atoms with Crippen LogP contribution in [0.4, 0.5) is 11.4 Å². The van der Waals surface area contributed by atoms with Crippen LogP contribution in [-0.2, 0) is 14.3 Å². The predicted molar refractivity (Wildman–Crippen MR) is 107 cm³/mol. The third-order valence-corrected chi connectivity index (χ3v) is 4.64. The zero-order chi connectivity index (χ0) is 18.9. The molecule has 1 aromatic rings. The fourth-order valence-electron chi connectivity index (χ4n) is 3.21. The van der Waals surface area contributed by atoms with Crippen LogP contribution in [0.15, 0.2) is 18.2 Å². The lowest BCUT2D eigenvalue weighted by Crippen LogP contribution is -2.44. The predicted octanol–water partition coefficient (Wildman–Crippen LogP) is 2.32. The third-order valence-electron chi connectivity index (χ3n) is 4.64. The minimum atomic E-state index is -0.497. The maximum absolute atomic E-state index is 12.7. The van der Waals surface area contributed by atoms with Crippen molar-refractivity contribution in [2.45, 2.75) is 45.8 Å². The summed E-state index contributed by atoms with van der Waals surface area (Å²) in [5.41, 5.74) is 6.40. The zero-order valence-corrected chi connectivity index (χ0v) is 16.8. The highest BCUT2D eigenvalue weighted by molar-refractivity contribution is 6.00. The minimum absolute atomic E-state index is 0. The average molecular weight is 398 g/mol. The van der Waals surface area contributed by atoms with Crippen LogP contribution in [0.3, 0.4) is 0 Å². The van der Waals surface area contributed by atoms with E-state index >= 15 is 0 Å². The topological polar surface area (TPSA) is 93.9 Å². The van der Waals surface area contributed by atoms with Gasteiger partial charge in [0, 0.05) is 17.6 Å². The van der Waals surface area contributed by atoms with E-state index in [0.717, 1.165) is 6.42 Å². The smallest absolute Gasteiger partial charge is 0.253 e. The lowest BCUT2D eigenvalue weighted by atomic mass is 9.94. The number of nitrogens with one attached hydrogen (secondary N) is 1. The normalized spacial score (nSPS) is 21.7. The van der Waals surface area contributed by atoms with E-state index in [4.69, 9.17) is 15.2 Å². The summed E-state index contributed by atoms with van der Waals surface area (Å²) in [6.45, 7) is 7.04. The van der Waals surface area contributed by atoms with Gasteiger partial charge in [0.1, 0.15) is 18.5 Å². The highest BCUT2D eigenvalue weighted by Crippen LogP contribution is 2.36. The van der Waals surface area contributed by atoms with E-state index < -0.39 is 11.5 Å². The van der Waals surface area contributed by atoms with Gasteiger partial charge in [0.05, 0.1) is 18.3 Å². The Morgan fingerprint density at radius 1 is 1.30 bits per heavy atom. The molecule has 2 heterocycles. The Kier molecular flexibility index (Phi) is 6.72. The fraction of sp³-hybridized carbons (Fsp3) is 0.579. The molecule has 0 spiro atoms. The summed E-state index contributed by atoms with van der Waals surface area (Å²) in [4.78, 5) is 26.9. The number of carbonyl (C=O) groups is 2. The van der Waals surface area contributed by atoms with Gasteiger partial charge in [-0.3, -0.25) is 9.59 Å². The van der Waals surface area contributed by atoms with Gasteiger partial charge in [-0.2, -0.15) is 0 Å². The lowest BCUT2D eigenvalue weighted by molar-refractivity contribution is -0.126. The Morgan fingerprint density at radius 3 is 2.67 bits per heavy atom. The quantitative estimate of drug-likeness (QED) is 0.816. The number of anilines is 2. The molecule has 1 saturated heterocycles. The first kappa shape index (κ1) is 21.5. The van der Waals surface area contributed by atoms with E-state index in [1.807, 2.05) is 20.8 Å². The Hall–Kier alpha value is -1.83. The maximum atomic E-state index is 12.7. The highest BCUT2D eigenvalue weighted by atomic mass is 35.5. The molecule has 3 rings (SSSR count). The second kappa shape index (κ2) is 8.46. The van der Waals surface area contributed by atoms with Crippen molar-refractivity contribution in [1.29, 1.82) is 0 Å². The molecule has 0 unspecified atom stereocenters. The van der Waals surface area contributed by atoms with Gasteiger partial charge in [-0.15, -0.1) is 12.4 Å². The fourth-order valence-corrected chi connectivity index (χ4v) is 3.21. The molecule has 1 aromatic carbocycles.